The van der Waals surface area contributed by atoms with Crippen molar-refractivity contribution in [2.75, 3.05) is 25.0 Å². The van der Waals surface area contributed by atoms with Crippen molar-refractivity contribution in [2.45, 2.75) is 26.8 Å². The van der Waals surface area contributed by atoms with Gasteiger partial charge in [-0.1, -0.05) is 13.8 Å². The van der Waals surface area contributed by atoms with Gasteiger partial charge in [0, 0.05) is 19.6 Å². The van der Waals surface area contributed by atoms with Crippen LogP contribution >= 0.6 is 0 Å². The highest BCUT2D eigenvalue weighted by molar-refractivity contribution is 5.94. The fourth-order valence-corrected chi connectivity index (χ4v) is 2.47. The van der Waals surface area contributed by atoms with Crippen LogP contribution in [0.15, 0.2) is 18.3 Å². The average Bonchev–Trinajstić information content (AvgIpc) is 2.46. The molecule has 1 N–H and O–H groups in total. The normalized spacial score (nSPS) is 18.8. The SMILES string of the molecule is CC(C)CN1CCN(C(=O)Nc2ccc(F)nc2)C(C)C1=O. The van der Waals surface area contributed by atoms with Crippen molar-refractivity contribution in [3.05, 3.63) is 24.3 Å². The molecule has 2 rings (SSSR count). The number of piperazine rings is 1. The summed E-state index contributed by atoms with van der Waals surface area (Å²) in [7, 11) is 0. The molecule has 1 aromatic heterocycles. The first kappa shape index (κ1) is 16.2. The first-order valence-corrected chi connectivity index (χ1v) is 7.36. The number of hydrogen-bond acceptors (Lipinski definition) is 3. The number of anilines is 1. The predicted octanol–water partition coefficient (Wildman–Crippen LogP) is 1.94. The number of urea groups is 1. The summed E-state index contributed by atoms with van der Waals surface area (Å²) in [6.07, 6.45) is 1.24. The quantitative estimate of drug-likeness (QED) is 0.868. The van der Waals surface area contributed by atoms with Crippen LogP contribution in [0.25, 0.3) is 0 Å². The second kappa shape index (κ2) is 6.72. The Morgan fingerprint density at radius 2 is 2.18 bits per heavy atom. The van der Waals surface area contributed by atoms with E-state index in [0.717, 1.165) is 0 Å². The summed E-state index contributed by atoms with van der Waals surface area (Å²) in [5, 5.41) is 2.63. The number of nitrogens with one attached hydrogen (secondary N) is 1. The lowest BCUT2D eigenvalue weighted by Crippen LogP contribution is -2.58. The Bertz CT molecular complexity index is 547. The maximum Gasteiger partial charge on any atom is 0.322 e. The molecule has 120 valence electrons. The third-order valence-corrected chi connectivity index (χ3v) is 3.57. The maximum absolute atomic E-state index is 12.8. The molecule has 7 heteroatoms. The zero-order valence-corrected chi connectivity index (χ0v) is 13.0. The highest BCUT2D eigenvalue weighted by atomic mass is 19.1. The standard InChI is InChI=1S/C15H21FN4O2/c1-10(2)9-19-6-7-20(11(3)14(19)21)15(22)18-12-4-5-13(16)17-8-12/h4-5,8,10-11H,6-7,9H2,1-3H3,(H,18,22). The first-order chi connectivity index (χ1) is 10.4. The topological polar surface area (TPSA) is 65.5 Å². The number of rotatable bonds is 3. The Morgan fingerprint density at radius 1 is 1.45 bits per heavy atom. The van der Waals surface area contributed by atoms with E-state index in [9.17, 15) is 14.0 Å². The van der Waals surface area contributed by atoms with Gasteiger partial charge in [-0.2, -0.15) is 4.39 Å². The molecule has 2 heterocycles. The number of halogens is 1. The van der Waals surface area contributed by atoms with Gasteiger partial charge < -0.3 is 15.1 Å². The van der Waals surface area contributed by atoms with Gasteiger partial charge in [-0.3, -0.25) is 4.79 Å². The molecule has 1 unspecified atom stereocenters. The summed E-state index contributed by atoms with van der Waals surface area (Å²) in [4.78, 5) is 31.3. The second-order valence-electron chi connectivity index (χ2n) is 5.85. The number of hydrogen-bond donors (Lipinski definition) is 1. The zero-order valence-electron chi connectivity index (χ0n) is 13.0. The Labute approximate surface area is 129 Å². The number of aromatic nitrogens is 1. The van der Waals surface area contributed by atoms with Crippen molar-refractivity contribution in [3.63, 3.8) is 0 Å². The van der Waals surface area contributed by atoms with Gasteiger partial charge in [-0.05, 0) is 25.0 Å². The van der Waals surface area contributed by atoms with Gasteiger partial charge in [0.2, 0.25) is 11.9 Å². The molecule has 0 radical (unpaired) electrons. The van der Waals surface area contributed by atoms with Gasteiger partial charge in [0.05, 0.1) is 11.9 Å². The van der Waals surface area contributed by atoms with E-state index in [1.54, 1.807) is 11.8 Å². The van der Waals surface area contributed by atoms with Crippen LogP contribution < -0.4 is 5.32 Å². The Balaban J connectivity index is 1.99. The van der Waals surface area contributed by atoms with E-state index in [0.29, 0.717) is 31.2 Å². The second-order valence-corrected chi connectivity index (χ2v) is 5.85. The van der Waals surface area contributed by atoms with E-state index in [-0.39, 0.29) is 11.9 Å². The monoisotopic (exact) mass is 308 g/mol. The number of pyridine rings is 1. The molecule has 6 nitrogen and oxygen atoms in total. The molecule has 0 bridgehead atoms. The van der Waals surface area contributed by atoms with Gasteiger partial charge in [0.15, 0.2) is 0 Å². The molecule has 0 saturated carbocycles. The minimum Gasteiger partial charge on any atom is -0.339 e. The summed E-state index contributed by atoms with van der Waals surface area (Å²) in [5.41, 5.74) is 0.399. The summed E-state index contributed by atoms with van der Waals surface area (Å²) in [5.74, 6) is -0.266. The largest absolute Gasteiger partial charge is 0.339 e. The minimum absolute atomic E-state index is 0.0488. The fourth-order valence-electron chi connectivity index (χ4n) is 2.47. The summed E-state index contributed by atoms with van der Waals surface area (Å²) in [6.45, 7) is 7.52. The average molecular weight is 308 g/mol. The maximum atomic E-state index is 12.8. The van der Waals surface area contributed by atoms with Gasteiger partial charge in [0.25, 0.3) is 0 Å². The molecule has 1 fully saturated rings. The summed E-state index contributed by atoms with van der Waals surface area (Å²) >= 11 is 0. The van der Waals surface area contributed by atoms with Crippen LogP contribution in [0.5, 0.6) is 0 Å². The van der Waals surface area contributed by atoms with Crippen LogP contribution in [0.3, 0.4) is 0 Å². The van der Waals surface area contributed by atoms with Gasteiger partial charge in [-0.25, -0.2) is 9.78 Å². The molecule has 22 heavy (non-hydrogen) atoms. The molecule has 1 aliphatic heterocycles. The fraction of sp³-hybridized carbons (Fsp3) is 0.533. The molecular weight excluding hydrogens is 287 g/mol. The molecule has 1 aromatic rings. The molecule has 0 aliphatic carbocycles. The predicted molar refractivity (Wildman–Crippen MR) is 80.8 cm³/mol. The van der Waals surface area contributed by atoms with Crippen LogP contribution in [0, 0.1) is 11.9 Å². The van der Waals surface area contributed by atoms with Crippen LogP contribution in [0.4, 0.5) is 14.9 Å². The van der Waals surface area contributed by atoms with E-state index in [4.69, 9.17) is 0 Å². The molecule has 3 amide bonds. The van der Waals surface area contributed by atoms with Gasteiger partial charge in [-0.15, -0.1) is 0 Å². The van der Waals surface area contributed by atoms with Crippen molar-refractivity contribution >= 4 is 17.6 Å². The Morgan fingerprint density at radius 3 is 2.77 bits per heavy atom. The molecule has 1 atom stereocenters. The minimum atomic E-state index is -0.608. The van der Waals surface area contributed by atoms with Crippen molar-refractivity contribution in [2.24, 2.45) is 5.92 Å². The third-order valence-electron chi connectivity index (χ3n) is 3.57. The lowest BCUT2D eigenvalue weighted by atomic mass is 10.1. The molecule has 0 spiro atoms. The summed E-state index contributed by atoms with van der Waals surface area (Å²) < 4.78 is 12.8. The Hall–Kier alpha value is -2.18. The van der Waals surface area contributed by atoms with Crippen molar-refractivity contribution in [1.29, 1.82) is 0 Å². The van der Waals surface area contributed by atoms with Gasteiger partial charge >= 0.3 is 6.03 Å². The zero-order chi connectivity index (χ0) is 16.3. The van der Waals surface area contributed by atoms with Crippen LogP contribution in [-0.4, -0.2) is 52.4 Å². The van der Waals surface area contributed by atoms with Crippen LogP contribution in [0.1, 0.15) is 20.8 Å². The number of amides is 3. The van der Waals surface area contributed by atoms with Gasteiger partial charge in [0.1, 0.15) is 6.04 Å². The van der Waals surface area contributed by atoms with Crippen molar-refractivity contribution in [3.8, 4) is 0 Å². The number of nitrogens with zero attached hydrogens (tertiary/aromatic N) is 3. The van der Waals surface area contributed by atoms with Crippen molar-refractivity contribution < 1.29 is 14.0 Å². The van der Waals surface area contributed by atoms with Crippen LogP contribution in [0.2, 0.25) is 0 Å². The van der Waals surface area contributed by atoms with E-state index in [1.807, 2.05) is 0 Å². The van der Waals surface area contributed by atoms with E-state index >= 15 is 0 Å². The highest BCUT2D eigenvalue weighted by Crippen LogP contribution is 2.15. The summed E-state index contributed by atoms with van der Waals surface area (Å²) in [6, 6.07) is 1.71. The van der Waals surface area contributed by atoms with Crippen LogP contribution in [-0.2, 0) is 4.79 Å². The number of carbonyl (C=O) groups excluding carboxylic acids is 2. The Kier molecular flexibility index (Phi) is 4.95. The number of carbonyl (C=O) groups is 2. The first-order valence-electron chi connectivity index (χ1n) is 7.36. The smallest absolute Gasteiger partial charge is 0.322 e. The lowest BCUT2D eigenvalue weighted by Gasteiger charge is -2.39. The highest BCUT2D eigenvalue weighted by Gasteiger charge is 2.34. The molecular formula is C15H21FN4O2. The van der Waals surface area contributed by atoms with E-state index in [2.05, 4.69) is 24.1 Å². The van der Waals surface area contributed by atoms with Crippen molar-refractivity contribution in [1.82, 2.24) is 14.8 Å². The molecule has 1 aliphatic rings. The van der Waals surface area contributed by atoms with E-state index < -0.39 is 12.0 Å². The third kappa shape index (κ3) is 3.72. The molecule has 0 aromatic carbocycles. The lowest BCUT2D eigenvalue weighted by molar-refractivity contribution is -0.139. The van der Waals surface area contributed by atoms with E-state index in [1.165, 1.54) is 23.2 Å². The molecule has 1 saturated heterocycles.